The molecule has 5 heteroatoms. The van der Waals surface area contributed by atoms with E-state index in [0.717, 1.165) is 5.56 Å². The summed E-state index contributed by atoms with van der Waals surface area (Å²) in [6, 6.07) is 0.0324. The number of aromatic nitrogens is 2. The largest absolute Gasteiger partial charge is 0.275 e. The molecule has 15 heavy (non-hydrogen) atoms. The Morgan fingerprint density at radius 3 is 2.80 bits per heavy atom. The van der Waals surface area contributed by atoms with E-state index in [9.17, 15) is 0 Å². The average Bonchev–Trinajstić information content (AvgIpc) is 2.79. The topological polar surface area (TPSA) is 55.9 Å². The van der Waals surface area contributed by atoms with Crippen LogP contribution in [0.15, 0.2) is 23.2 Å². The summed E-state index contributed by atoms with van der Waals surface area (Å²) in [5.74, 6) is 5.59. The normalized spacial score (nSPS) is 13.0. The van der Waals surface area contributed by atoms with Gasteiger partial charge in [0.25, 0.3) is 0 Å². The summed E-state index contributed by atoms with van der Waals surface area (Å²) in [5, 5.41) is 8.39. The van der Waals surface area contributed by atoms with Gasteiger partial charge < -0.3 is 0 Å². The van der Waals surface area contributed by atoms with Crippen LogP contribution in [0.4, 0.5) is 0 Å². The van der Waals surface area contributed by atoms with Crippen molar-refractivity contribution in [2.45, 2.75) is 13.0 Å². The molecule has 2 aromatic rings. The maximum Gasteiger partial charge on any atom is 0.0751 e. The summed E-state index contributed by atoms with van der Waals surface area (Å²) in [6.45, 7) is 2.09. The van der Waals surface area contributed by atoms with E-state index in [1.165, 1.54) is 11.1 Å². The number of aryl methyl sites for hydroxylation is 2. The van der Waals surface area contributed by atoms with Gasteiger partial charge in [-0.15, -0.1) is 0 Å². The van der Waals surface area contributed by atoms with Gasteiger partial charge in [-0.3, -0.25) is 10.5 Å². The summed E-state index contributed by atoms with van der Waals surface area (Å²) in [4.78, 5) is 0. The molecule has 0 bridgehead atoms. The summed E-state index contributed by atoms with van der Waals surface area (Å²) in [5.41, 5.74) is 6.39. The molecule has 0 aliphatic rings. The molecule has 80 valence electrons. The highest BCUT2D eigenvalue weighted by Gasteiger charge is 2.16. The third kappa shape index (κ3) is 1.94. The Bertz CT molecular complexity index is 446. The second-order valence-corrected chi connectivity index (χ2v) is 4.30. The van der Waals surface area contributed by atoms with Gasteiger partial charge in [0.15, 0.2) is 0 Å². The lowest BCUT2D eigenvalue weighted by atomic mass is 10.0. The van der Waals surface area contributed by atoms with Crippen molar-refractivity contribution in [2.75, 3.05) is 0 Å². The van der Waals surface area contributed by atoms with Crippen molar-refractivity contribution in [3.05, 3.63) is 39.8 Å². The Hall–Kier alpha value is -1.17. The molecule has 0 aromatic carbocycles. The summed E-state index contributed by atoms with van der Waals surface area (Å²) >= 11 is 1.69. The summed E-state index contributed by atoms with van der Waals surface area (Å²) < 4.78 is 1.78. The van der Waals surface area contributed by atoms with E-state index in [1.807, 2.05) is 19.4 Å². The average molecular weight is 222 g/mol. The van der Waals surface area contributed by atoms with Crippen molar-refractivity contribution >= 4 is 11.3 Å². The molecule has 0 radical (unpaired) electrons. The molecule has 0 aliphatic heterocycles. The van der Waals surface area contributed by atoms with E-state index in [4.69, 9.17) is 5.84 Å². The third-order valence-corrected chi connectivity index (χ3v) is 3.31. The number of hydrogen-bond donors (Lipinski definition) is 2. The van der Waals surface area contributed by atoms with Gasteiger partial charge in [0.2, 0.25) is 0 Å². The SMILES string of the molecule is Cc1cscc1C(NN)c1cnn(C)c1. The zero-order chi connectivity index (χ0) is 10.8. The molecule has 1 unspecified atom stereocenters. The van der Waals surface area contributed by atoms with Gasteiger partial charge in [0, 0.05) is 18.8 Å². The smallest absolute Gasteiger partial charge is 0.0751 e. The quantitative estimate of drug-likeness (QED) is 0.608. The van der Waals surface area contributed by atoms with Crippen molar-refractivity contribution < 1.29 is 0 Å². The molecule has 2 heterocycles. The fourth-order valence-corrected chi connectivity index (χ4v) is 2.50. The van der Waals surface area contributed by atoms with Gasteiger partial charge in [-0.1, -0.05) is 0 Å². The number of nitrogens with one attached hydrogen (secondary N) is 1. The van der Waals surface area contributed by atoms with E-state index in [-0.39, 0.29) is 6.04 Å². The maximum atomic E-state index is 5.59. The first-order chi connectivity index (χ1) is 7.22. The van der Waals surface area contributed by atoms with Gasteiger partial charge in [-0.2, -0.15) is 16.4 Å². The van der Waals surface area contributed by atoms with Crippen molar-refractivity contribution in [3.63, 3.8) is 0 Å². The van der Waals surface area contributed by atoms with Crippen LogP contribution in [0.3, 0.4) is 0 Å². The number of hydrazine groups is 1. The molecule has 0 fully saturated rings. The van der Waals surface area contributed by atoms with E-state index in [0.29, 0.717) is 0 Å². The molecule has 0 aliphatic carbocycles. The Kier molecular flexibility index (Phi) is 2.86. The lowest BCUT2D eigenvalue weighted by Gasteiger charge is -2.13. The predicted octanol–water partition coefficient (Wildman–Crippen LogP) is 1.34. The molecule has 2 rings (SSSR count). The van der Waals surface area contributed by atoms with Crippen LogP contribution in [0.2, 0.25) is 0 Å². The first-order valence-electron chi connectivity index (χ1n) is 4.69. The zero-order valence-corrected chi connectivity index (χ0v) is 9.58. The number of thiophene rings is 1. The maximum absolute atomic E-state index is 5.59. The van der Waals surface area contributed by atoms with Crippen molar-refractivity contribution in [2.24, 2.45) is 12.9 Å². The van der Waals surface area contributed by atoms with Crippen LogP contribution >= 0.6 is 11.3 Å². The minimum absolute atomic E-state index is 0.0324. The van der Waals surface area contributed by atoms with Gasteiger partial charge in [-0.25, -0.2) is 5.43 Å². The summed E-state index contributed by atoms with van der Waals surface area (Å²) in [7, 11) is 1.90. The highest BCUT2D eigenvalue weighted by atomic mass is 32.1. The minimum Gasteiger partial charge on any atom is -0.275 e. The first-order valence-corrected chi connectivity index (χ1v) is 5.64. The second-order valence-electron chi connectivity index (χ2n) is 3.56. The van der Waals surface area contributed by atoms with Crippen LogP contribution in [0.1, 0.15) is 22.7 Å². The van der Waals surface area contributed by atoms with E-state index < -0.39 is 0 Å². The number of rotatable bonds is 3. The van der Waals surface area contributed by atoms with Crippen molar-refractivity contribution in [1.29, 1.82) is 0 Å². The standard InChI is InChI=1S/C10H14N4S/c1-7-5-15-6-9(7)10(13-11)8-3-12-14(2)4-8/h3-6,10,13H,11H2,1-2H3. The second kappa shape index (κ2) is 4.14. The fourth-order valence-electron chi connectivity index (χ4n) is 1.62. The third-order valence-electron chi connectivity index (χ3n) is 2.43. The lowest BCUT2D eigenvalue weighted by molar-refractivity contribution is 0.635. The Labute approximate surface area is 92.7 Å². The monoisotopic (exact) mass is 222 g/mol. The van der Waals surface area contributed by atoms with Gasteiger partial charge >= 0.3 is 0 Å². The highest BCUT2D eigenvalue weighted by Crippen LogP contribution is 2.26. The van der Waals surface area contributed by atoms with Crippen LogP contribution < -0.4 is 11.3 Å². The van der Waals surface area contributed by atoms with E-state index >= 15 is 0 Å². The van der Waals surface area contributed by atoms with E-state index in [2.05, 4.69) is 28.2 Å². The Balaban J connectivity index is 2.36. The van der Waals surface area contributed by atoms with Crippen LogP contribution in [-0.2, 0) is 7.05 Å². The zero-order valence-electron chi connectivity index (χ0n) is 8.77. The lowest BCUT2D eigenvalue weighted by Crippen LogP contribution is -2.28. The fraction of sp³-hybridized carbons (Fsp3) is 0.300. The van der Waals surface area contributed by atoms with Crippen LogP contribution in [-0.4, -0.2) is 9.78 Å². The van der Waals surface area contributed by atoms with Gasteiger partial charge in [0.05, 0.1) is 12.2 Å². The molecule has 4 nitrogen and oxygen atoms in total. The molecular weight excluding hydrogens is 208 g/mol. The molecule has 0 saturated carbocycles. The number of hydrogen-bond acceptors (Lipinski definition) is 4. The molecule has 0 saturated heterocycles. The van der Waals surface area contributed by atoms with E-state index in [1.54, 1.807) is 16.0 Å². The van der Waals surface area contributed by atoms with Gasteiger partial charge in [0.1, 0.15) is 0 Å². The minimum atomic E-state index is 0.0324. The highest BCUT2D eigenvalue weighted by molar-refractivity contribution is 7.08. The first kappa shape index (κ1) is 10.4. The van der Waals surface area contributed by atoms with Crippen molar-refractivity contribution in [1.82, 2.24) is 15.2 Å². The molecule has 1 atom stereocenters. The van der Waals surface area contributed by atoms with Crippen LogP contribution in [0.25, 0.3) is 0 Å². The van der Waals surface area contributed by atoms with Gasteiger partial charge in [-0.05, 0) is 28.8 Å². The predicted molar refractivity (Wildman–Crippen MR) is 61.4 cm³/mol. The Morgan fingerprint density at radius 2 is 2.33 bits per heavy atom. The molecule has 0 spiro atoms. The number of nitrogens with zero attached hydrogens (tertiary/aromatic N) is 2. The molecular formula is C10H14N4S. The molecule has 3 N–H and O–H groups in total. The Morgan fingerprint density at radius 1 is 1.53 bits per heavy atom. The number of nitrogens with two attached hydrogens (primary N) is 1. The van der Waals surface area contributed by atoms with Crippen LogP contribution in [0.5, 0.6) is 0 Å². The van der Waals surface area contributed by atoms with Crippen molar-refractivity contribution in [3.8, 4) is 0 Å². The molecule has 0 amide bonds. The molecule has 2 aromatic heterocycles. The summed E-state index contributed by atoms with van der Waals surface area (Å²) in [6.07, 6.45) is 3.81. The van der Waals surface area contributed by atoms with Crippen LogP contribution in [0, 0.1) is 6.92 Å².